The monoisotopic (exact) mass is 404 g/mol. The van der Waals surface area contributed by atoms with Crippen molar-refractivity contribution in [3.63, 3.8) is 0 Å². The zero-order valence-electron chi connectivity index (χ0n) is 15.5. The fourth-order valence-corrected chi connectivity index (χ4v) is 4.19. The van der Waals surface area contributed by atoms with Gasteiger partial charge in [-0.15, -0.1) is 5.10 Å². The molecular formula is C15H25N4O7P. The van der Waals surface area contributed by atoms with Crippen molar-refractivity contribution in [1.82, 2.24) is 14.8 Å². The molecule has 2 heterocycles. The Balaban J connectivity index is 2.16. The van der Waals surface area contributed by atoms with Gasteiger partial charge in [-0.25, -0.2) is 9.67 Å². The molecule has 0 radical (unpaired) electrons. The predicted octanol–water partition coefficient (Wildman–Crippen LogP) is 0.553. The van der Waals surface area contributed by atoms with Gasteiger partial charge in [-0.2, -0.15) is 0 Å². The number of carbonyl (C=O) groups excluding carboxylic acids is 1. The Morgan fingerprint density at radius 2 is 1.89 bits per heavy atom. The van der Waals surface area contributed by atoms with E-state index in [1.54, 1.807) is 27.7 Å². The molecule has 4 atom stereocenters. The van der Waals surface area contributed by atoms with Gasteiger partial charge in [0.05, 0.1) is 12.2 Å². The highest BCUT2D eigenvalue weighted by Gasteiger charge is 2.43. The SMILES string of the molecule is CC(C)OP(=O)(/C=C/[C@H]1OC(n2cnc(C(N)=O)n2)[C@H](O)[C@@H]1O)OC(C)C. The third-order valence-corrected chi connectivity index (χ3v) is 5.41. The van der Waals surface area contributed by atoms with Crippen molar-refractivity contribution in [3.8, 4) is 0 Å². The Morgan fingerprint density at radius 3 is 2.37 bits per heavy atom. The van der Waals surface area contributed by atoms with Crippen LogP contribution in [0.5, 0.6) is 0 Å². The lowest BCUT2D eigenvalue weighted by atomic mass is 10.1. The minimum Gasteiger partial charge on any atom is -0.387 e. The van der Waals surface area contributed by atoms with Gasteiger partial charge in [-0.1, -0.05) is 0 Å². The molecule has 1 aliphatic heterocycles. The van der Waals surface area contributed by atoms with Gasteiger partial charge in [0.25, 0.3) is 5.91 Å². The van der Waals surface area contributed by atoms with Crippen LogP contribution in [0.4, 0.5) is 0 Å². The van der Waals surface area contributed by atoms with E-state index in [0.717, 1.165) is 11.0 Å². The maximum absolute atomic E-state index is 12.8. The smallest absolute Gasteiger partial charge is 0.354 e. The van der Waals surface area contributed by atoms with E-state index < -0.39 is 38.0 Å². The summed E-state index contributed by atoms with van der Waals surface area (Å²) in [5.74, 6) is 0.113. The summed E-state index contributed by atoms with van der Waals surface area (Å²) in [5.41, 5.74) is 5.09. The number of primary amides is 1. The van der Waals surface area contributed by atoms with E-state index in [2.05, 4.69) is 10.1 Å². The van der Waals surface area contributed by atoms with E-state index in [0.29, 0.717) is 0 Å². The molecule has 1 amide bonds. The molecule has 11 nitrogen and oxygen atoms in total. The first-order chi connectivity index (χ1) is 12.5. The summed E-state index contributed by atoms with van der Waals surface area (Å²) in [5, 5.41) is 24.2. The van der Waals surface area contributed by atoms with Crippen LogP contribution in [0.3, 0.4) is 0 Å². The second kappa shape index (κ2) is 8.59. The van der Waals surface area contributed by atoms with Crippen molar-refractivity contribution >= 4 is 13.5 Å². The van der Waals surface area contributed by atoms with Crippen LogP contribution in [-0.2, 0) is 18.3 Å². The number of hydrogen-bond acceptors (Lipinski definition) is 9. The Bertz CT molecular complexity index is 722. The highest BCUT2D eigenvalue weighted by molar-refractivity contribution is 7.57. The van der Waals surface area contributed by atoms with Gasteiger partial charge >= 0.3 is 7.60 Å². The van der Waals surface area contributed by atoms with Crippen LogP contribution in [0.2, 0.25) is 0 Å². The number of nitrogens with zero attached hydrogens (tertiary/aromatic N) is 3. The molecule has 27 heavy (non-hydrogen) atoms. The van der Waals surface area contributed by atoms with Gasteiger partial charge in [-0.05, 0) is 33.8 Å². The summed E-state index contributed by atoms with van der Waals surface area (Å²) in [4.78, 5) is 14.8. The highest BCUT2D eigenvalue weighted by Crippen LogP contribution is 2.52. The largest absolute Gasteiger partial charge is 0.387 e. The van der Waals surface area contributed by atoms with Crippen molar-refractivity contribution in [2.75, 3.05) is 0 Å². The number of aromatic nitrogens is 3. The van der Waals surface area contributed by atoms with Crippen LogP contribution in [0, 0.1) is 0 Å². The fourth-order valence-electron chi connectivity index (χ4n) is 2.45. The predicted molar refractivity (Wildman–Crippen MR) is 93.7 cm³/mol. The maximum atomic E-state index is 12.8. The minimum absolute atomic E-state index is 0.251. The van der Waals surface area contributed by atoms with Crippen LogP contribution >= 0.6 is 7.60 Å². The van der Waals surface area contributed by atoms with Crippen molar-refractivity contribution in [2.24, 2.45) is 5.73 Å². The summed E-state index contributed by atoms with van der Waals surface area (Å²) in [6.45, 7) is 6.86. The van der Waals surface area contributed by atoms with Crippen LogP contribution in [-0.4, -0.2) is 61.4 Å². The van der Waals surface area contributed by atoms with Crippen molar-refractivity contribution in [2.45, 2.75) is 64.4 Å². The molecule has 152 valence electrons. The van der Waals surface area contributed by atoms with E-state index >= 15 is 0 Å². The van der Waals surface area contributed by atoms with Gasteiger partial charge in [0.1, 0.15) is 24.6 Å². The molecule has 1 aromatic rings. The highest BCUT2D eigenvalue weighted by atomic mass is 31.2. The first-order valence-corrected chi connectivity index (χ1v) is 10.0. The third-order valence-electron chi connectivity index (χ3n) is 3.44. The molecule has 1 aliphatic rings. The van der Waals surface area contributed by atoms with Crippen LogP contribution in [0.15, 0.2) is 18.2 Å². The number of aliphatic hydroxyl groups is 2. The molecule has 0 bridgehead atoms. The molecular weight excluding hydrogens is 379 g/mol. The lowest BCUT2D eigenvalue weighted by Gasteiger charge is -2.20. The van der Waals surface area contributed by atoms with Gasteiger partial charge < -0.3 is 29.7 Å². The van der Waals surface area contributed by atoms with E-state index in [1.807, 2.05) is 0 Å². The second-order valence-electron chi connectivity index (χ2n) is 6.57. The number of rotatable bonds is 8. The van der Waals surface area contributed by atoms with Gasteiger partial charge in [0.2, 0.25) is 5.82 Å². The Kier molecular flexibility index (Phi) is 6.90. The number of carbonyl (C=O) groups is 1. The Labute approximate surface area is 156 Å². The molecule has 0 spiro atoms. The number of hydrogen-bond donors (Lipinski definition) is 3. The van der Waals surface area contributed by atoms with Gasteiger partial charge in [0, 0.05) is 5.82 Å². The number of nitrogens with two attached hydrogens (primary N) is 1. The maximum Gasteiger partial charge on any atom is 0.354 e. The zero-order chi connectivity index (χ0) is 20.4. The van der Waals surface area contributed by atoms with Crippen LogP contribution in [0.1, 0.15) is 44.5 Å². The summed E-state index contributed by atoms with van der Waals surface area (Å²) in [6, 6.07) is 0. The van der Waals surface area contributed by atoms with E-state index in [9.17, 15) is 19.6 Å². The average Bonchev–Trinajstić information content (AvgIpc) is 3.11. The van der Waals surface area contributed by atoms with Crippen LogP contribution in [0.25, 0.3) is 0 Å². The van der Waals surface area contributed by atoms with E-state index in [1.165, 1.54) is 11.9 Å². The van der Waals surface area contributed by atoms with E-state index in [4.69, 9.17) is 19.5 Å². The number of aliphatic hydroxyl groups excluding tert-OH is 2. The van der Waals surface area contributed by atoms with E-state index in [-0.39, 0.29) is 18.0 Å². The summed E-state index contributed by atoms with van der Waals surface area (Å²) < 4.78 is 30.2. The molecule has 0 aromatic carbocycles. The van der Waals surface area contributed by atoms with Crippen molar-refractivity contribution in [3.05, 3.63) is 24.0 Å². The third kappa shape index (κ3) is 5.44. The topological polar surface area (TPSA) is 159 Å². The fraction of sp³-hybridized carbons (Fsp3) is 0.667. The summed E-state index contributed by atoms with van der Waals surface area (Å²) in [7, 11) is -3.58. The van der Waals surface area contributed by atoms with Gasteiger partial charge in [0.15, 0.2) is 6.23 Å². The normalized spacial score (nSPS) is 26.5. The lowest BCUT2D eigenvalue weighted by Crippen LogP contribution is -2.31. The zero-order valence-corrected chi connectivity index (χ0v) is 16.4. The molecule has 1 aromatic heterocycles. The van der Waals surface area contributed by atoms with Crippen molar-refractivity contribution < 1.29 is 33.4 Å². The molecule has 1 saturated heterocycles. The quantitative estimate of drug-likeness (QED) is 0.526. The summed E-state index contributed by atoms with van der Waals surface area (Å²) in [6.07, 6.45) is -3.05. The molecule has 0 aliphatic carbocycles. The van der Waals surface area contributed by atoms with Crippen molar-refractivity contribution in [1.29, 1.82) is 0 Å². The molecule has 12 heteroatoms. The first-order valence-electron chi connectivity index (χ1n) is 8.41. The lowest BCUT2D eigenvalue weighted by molar-refractivity contribution is -0.0346. The first kappa shape index (κ1) is 21.7. The Hall–Kier alpha value is -1.62. The average molecular weight is 404 g/mol. The Morgan fingerprint density at radius 1 is 1.30 bits per heavy atom. The molecule has 4 N–H and O–H groups in total. The molecule has 2 rings (SSSR count). The standard InChI is InChI=1S/C15H25N4O7P/c1-8(2)25-27(23,26-9(3)4)6-5-10-11(20)12(21)15(24-10)19-7-17-14(18-19)13(16)22/h5-12,15,20-21H,1-4H3,(H2,16,22)/b6-5+/t10-,11-,12-,15?/m1/s1. The molecule has 1 unspecified atom stereocenters. The summed E-state index contributed by atoms with van der Waals surface area (Å²) >= 11 is 0. The second-order valence-corrected chi connectivity index (χ2v) is 8.37. The number of amides is 1. The minimum atomic E-state index is -3.58. The molecule has 0 saturated carbocycles. The van der Waals surface area contributed by atoms with Gasteiger partial charge in [-0.3, -0.25) is 9.36 Å². The van der Waals surface area contributed by atoms with Crippen LogP contribution < -0.4 is 5.73 Å². The number of ether oxygens (including phenoxy) is 1. The molecule has 1 fully saturated rings.